The topological polar surface area (TPSA) is 58.1 Å². The Morgan fingerprint density at radius 1 is 1.16 bits per heavy atom. The summed E-state index contributed by atoms with van der Waals surface area (Å²) in [4.78, 5) is 26.7. The molecule has 1 aliphatic heterocycles. The van der Waals surface area contributed by atoms with E-state index in [1.54, 1.807) is 6.33 Å². The maximum atomic E-state index is 12.5. The molecule has 0 aromatic carbocycles. The summed E-state index contributed by atoms with van der Waals surface area (Å²) in [5.74, 6) is 1.40. The standard InChI is InChI=1S/C19H24N4OS/c24-18(22-13-7-8-13)12-4-3-9-23(10-12)17-16-14-5-1-2-6-15(14)25-19(16)21-11-20-17/h11-13H,1-10H2,(H,22,24)/t12-/m0/s1. The Labute approximate surface area is 151 Å². The molecule has 2 aliphatic carbocycles. The second-order valence-electron chi connectivity index (χ2n) is 7.66. The van der Waals surface area contributed by atoms with Crippen LogP contribution in [0.25, 0.3) is 10.2 Å². The Kier molecular flexibility index (Phi) is 3.88. The fourth-order valence-corrected chi connectivity index (χ4v) is 5.47. The lowest BCUT2D eigenvalue weighted by molar-refractivity contribution is -0.125. The molecule has 1 saturated heterocycles. The maximum Gasteiger partial charge on any atom is 0.225 e. The van der Waals surface area contributed by atoms with Crippen molar-refractivity contribution < 1.29 is 4.79 Å². The van der Waals surface area contributed by atoms with E-state index in [1.165, 1.54) is 35.1 Å². The molecular formula is C19H24N4OS. The van der Waals surface area contributed by atoms with E-state index in [0.717, 1.165) is 55.8 Å². The minimum atomic E-state index is 0.0915. The zero-order valence-corrected chi connectivity index (χ0v) is 15.3. The highest BCUT2D eigenvalue weighted by atomic mass is 32.1. The van der Waals surface area contributed by atoms with Crippen LogP contribution in [0.4, 0.5) is 5.82 Å². The predicted octanol–water partition coefficient (Wildman–Crippen LogP) is 3.07. The first-order chi connectivity index (χ1) is 12.3. The highest BCUT2D eigenvalue weighted by Gasteiger charge is 2.32. The molecule has 2 aromatic rings. The van der Waals surface area contributed by atoms with Gasteiger partial charge in [-0.25, -0.2) is 9.97 Å². The van der Waals surface area contributed by atoms with E-state index in [-0.39, 0.29) is 11.8 Å². The minimum absolute atomic E-state index is 0.0915. The van der Waals surface area contributed by atoms with Crippen molar-refractivity contribution in [2.75, 3.05) is 18.0 Å². The van der Waals surface area contributed by atoms with Crippen LogP contribution in [0.15, 0.2) is 6.33 Å². The fourth-order valence-electron chi connectivity index (χ4n) is 4.24. The molecule has 5 nitrogen and oxygen atoms in total. The van der Waals surface area contributed by atoms with Crippen molar-refractivity contribution in [1.82, 2.24) is 15.3 Å². The van der Waals surface area contributed by atoms with Gasteiger partial charge in [-0.15, -0.1) is 11.3 Å². The van der Waals surface area contributed by atoms with Crippen LogP contribution in [-0.2, 0) is 17.6 Å². The van der Waals surface area contributed by atoms with Crippen molar-refractivity contribution in [2.24, 2.45) is 5.92 Å². The van der Waals surface area contributed by atoms with Crippen LogP contribution >= 0.6 is 11.3 Å². The number of nitrogens with zero attached hydrogens (tertiary/aromatic N) is 3. The Bertz CT molecular complexity index is 813. The molecule has 1 saturated carbocycles. The van der Waals surface area contributed by atoms with E-state index in [0.29, 0.717) is 6.04 Å². The molecule has 3 aliphatic rings. The first-order valence-corrected chi connectivity index (χ1v) is 10.4. The number of amides is 1. The Morgan fingerprint density at radius 2 is 2.04 bits per heavy atom. The first-order valence-electron chi connectivity index (χ1n) is 9.60. The number of carbonyl (C=O) groups excluding carboxylic acids is 1. The summed E-state index contributed by atoms with van der Waals surface area (Å²) in [7, 11) is 0. The van der Waals surface area contributed by atoms with Gasteiger partial charge in [0.05, 0.1) is 11.3 Å². The largest absolute Gasteiger partial charge is 0.355 e. The quantitative estimate of drug-likeness (QED) is 0.918. The van der Waals surface area contributed by atoms with E-state index >= 15 is 0 Å². The summed E-state index contributed by atoms with van der Waals surface area (Å²) in [5, 5.41) is 4.45. The van der Waals surface area contributed by atoms with Crippen LogP contribution < -0.4 is 10.2 Å². The van der Waals surface area contributed by atoms with Crippen LogP contribution in [0, 0.1) is 5.92 Å². The number of nitrogens with one attached hydrogen (secondary N) is 1. The second-order valence-corrected chi connectivity index (χ2v) is 8.74. The number of aromatic nitrogens is 2. The van der Waals surface area contributed by atoms with Crippen LogP contribution in [0.5, 0.6) is 0 Å². The summed E-state index contributed by atoms with van der Waals surface area (Å²) in [6.07, 6.45) is 10.9. The summed E-state index contributed by atoms with van der Waals surface area (Å²) < 4.78 is 0. The maximum absolute atomic E-state index is 12.5. The lowest BCUT2D eigenvalue weighted by Crippen LogP contribution is -2.44. The normalized spacial score (nSPS) is 23.5. The third-order valence-electron chi connectivity index (χ3n) is 5.75. The molecule has 5 rings (SSSR count). The lowest BCUT2D eigenvalue weighted by Gasteiger charge is -2.33. The van der Waals surface area contributed by atoms with Gasteiger partial charge in [-0.3, -0.25) is 4.79 Å². The van der Waals surface area contributed by atoms with Gasteiger partial charge >= 0.3 is 0 Å². The Balaban J connectivity index is 1.45. The van der Waals surface area contributed by atoms with E-state index in [9.17, 15) is 4.79 Å². The van der Waals surface area contributed by atoms with Crippen LogP contribution in [0.1, 0.15) is 49.0 Å². The minimum Gasteiger partial charge on any atom is -0.355 e. The number of fused-ring (bicyclic) bond motifs is 3. The van der Waals surface area contributed by atoms with Crippen LogP contribution in [0.3, 0.4) is 0 Å². The van der Waals surface area contributed by atoms with Crippen molar-refractivity contribution in [1.29, 1.82) is 0 Å². The molecule has 0 radical (unpaired) electrons. The molecule has 6 heteroatoms. The van der Waals surface area contributed by atoms with Gasteiger partial charge in [-0.2, -0.15) is 0 Å². The van der Waals surface area contributed by atoms with Crippen molar-refractivity contribution in [3.05, 3.63) is 16.8 Å². The third kappa shape index (κ3) is 2.90. The van der Waals surface area contributed by atoms with Crippen molar-refractivity contribution in [3.8, 4) is 0 Å². The molecule has 0 unspecified atom stereocenters. The second kappa shape index (κ2) is 6.24. The summed E-state index contributed by atoms with van der Waals surface area (Å²) in [6, 6.07) is 0.442. The van der Waals surface area contributed by atoms with Crippen LogP contribution in [0.2, 0.25) is 0 Å². The smallest absolute Gasteiger partial charge is 0.225 e. The molecule has 132 valence electrons. The van der Waals surface area contributed by atoms with E-state index in [4.69, 9.17) is 0 Å². The average Bonchev–Trinajstić information content (AvgIpc) is 3.38. The zero-order chi connectivity index (χ0) is 16.8. The van der Waals surface area contributed by atoms with Crippen molar-refractivity contribution in [3.63, 3.8) is 0 Å². The number of rotatable bonds is 3. The molecule has 2 fully saturated rings. The summed E-state index contributed by atoms with van der Waals surface area (Å²) >= 11 is 1.84. The van der Waals surface area contributed by atoms with Gasteiger partial charge in [-0.1, -0.05) is 0 Å². The summed E-state index contributed by atoms with van der Waals surface area (Å²) in [5.41, 5.74) is 1.48. The molecule has 1 atom stereocenters. The van der Waals surface area contributed by atoms with Crippen LogP contribution in [-0.4, -0.2) is 35.0 Å². The zero-order valence-electron chi connectivity index (χ0n) is 14.5. The number of aryl methyl sites for hydroxylation is 2. The van der Waals surface area contributed by atoms with E-state index in [1.807, 2.05) is 11.3 Å². The van der Waals surface area contributed by atoms with Crippen molar-refractivity contribution in [2.45, 2.75) is 57.4 Å². The van der Waals surface area contributed by atoms with E-state index in [2.05, 4.69) is 20.2 Å². The number of hydrogen-bond donors (Lipinski definition) is 1. The SMILES string of the molecule is O=C(NC1CC1)[C@H]1CCCN(c2ncnc3sc4c(c23)CCCC4)C1. The van der Waals surface area contributed by atoms with Gasteiger partial charge in [0.15, 0.2) is 0 Å². The molecule has 1 N–H and O–H groups in total. The number of anilines is 1. The molecule has 3 heterocycles. The van der Waals surface area contributed by atoms with E-state index < -0.39 is 0 Å². The third-order valence-corrected chi connectivity index (χ3v) is 6.95. The molecular weight excluding hydrogens is 332 g/mol. The predicted molar refractivity (Wildman–Crippen MR) is 100 cm³/mol. The molecule has 0 bridgehead atoms. The van der Waals surface area contributed by atoms with Gasteiger partial charge in [-0.05, 0) is 56.9 Å². The lowest BCUT2D eigenvalue weighted by atomic mass is 9.95. The summed E-state index contributed by atoms with van der Waals surface area (Å²) in [6.45, 7) is 1.78. The van der Waals surface area contributed by atoms with Gasteiger partial charge < -0.3 is 10.2 Å². The number of carbonyl (C=O) groups is 1. The van der Waals surface area contributed by atoms with Gasteiger partial charge in [0.25, 0.3) is 0 Å². The number of piperidine rings is 1. The highest BCUT2D eigenvalue weighted by molar-refractivity contribution is 7.19. The Hall–Kier alpha value is -1.69. The molecule has 25 heavy (non-hydrogen) atoms. The highest BCUT2D eigenvalue weighted by Crippen LogP contribution is 2.40. The average molecular weight is 356 g/mol. The van der Waals surface area contributed by atoms with Gasteiger partial charge in [0, 0.05) is 24.0 Å². The monoisotopic (exact) mass is 356 g/mol. The number of thiophene rings is 1. The Morgan fingerprint density at radius 3 is 2.92 bits per heavy atom. The van der Waals surface area contributed by atoms with Crippen molar-refractivity contribution >= 4 is 33.3 Å². The fraction of sp³-hybridized carbons (Fsp3) is 0.632. The molecule has 1 amide bonds. The van der Waals surface area contributed by atoms with Gasteiger partial charge in [0.1, 0.15) is 17.0 Å². The first kappa shape index (κ1) is 15.6. The number of hydrogen-bond acceptors (Lipinski definition) is 5. The van der Waals surface area contributed by atoms with Gasteiger partial charge in [0.2, 0.25) is 5.91 Å². The molecule has 0 spiro atoms. The molecule has 2 aromatic heterocycles.